The molecule has 0 aliphatic carbocycles. The largest absolute Gasteiger partial charge is 0.444 e. The van der Waals surface area contributed by atoms with E-state index in [0.29, 0.717) is 43.7 Å². The van der Waals surface area contributed by atoms with E-state index in [0.717, 1.165) is 61.1 Å². The van der Waals surface area contributed by atoms with E-state index in [1.54, 1.807) is 11.3 Å². The van der Waals surface area contributed by atoms with Crippen molar-refractivity contribution in [2.75, 3.05) is 72.5 Å². The highest BCUT2D eigenvalue weighted by molar-refractivity contribution is 7.22. The molecule has 1 atom stereocenters. The van der Waals surface area contributed by atoms with Gasteiger partial charge in [0, 0.05) is 39.3 Å². The van der Waals surface area contributed by atoms with Crippen molar-refractivity contribution in [3.8, 4) is 0 Å². The number of thiazole rings is 1. The molecule has 2 amide bonds. The molecule has 3 aliphatic heterocycles. The zero-order valence-electron chi connectivity index (χ0n) is 24.4. The number of rotatable bonds is 6. The highest BCUT2D eigenvalue weighted by Gasteiger charge is 2.30. The first-order valence-corrected chi connectivity index (χ1v) is 15.4. The first-order chi connectivity index (χ1) is 20.2. The fraction of sp³-hybridized carbons (Fsp3) is 0.607. The number of nitrogens with one attached hydrogen (secondary N) is 2. The number of piperidine rings is 1. The minimum absolute atomic E-state index is 0.101. The molecule has 3 aliphatic rings. The first-order valence-electron chi connectivity index (χ1n) is 14.6. The van der Waals surface area contributed by atoms with Gasteiger partial charge in [0.2, 0.25) is 0 Å². The molecule has 0 bridgehead atoms. The van der Waals surface area contributed by atoms with Gasteiger partial charge >= 0.3 is 6.09 Å². The second kappa shape index (κ2) is 11.9. The van der Waals surface area contributed by atoms with Crippen LogP contribution in [0.4, 0.5) is 27.4 Å². The van der Waals surface area contributed by atoms with Crippen molar-refractivity contribution < 1.29 is 23.5 Å². The Balaban J connectivity index is 1.17. The zero-order chi connectivity index (χ0) is 29.3. The second-order valence-corrected chi connectivity index (χ2v) is 12.9. The lowest BCUT2D eigenvalue weighted by molar-refractivity contribution is 0.0508. The summed E-state index contributed by atoms with van der Waals surface area (Å²) in [5.41, 5.74) is 0.939. The summed E-state index contributed by atoms with van der Waals surface area (Å²) in [7, 11) is 0. The fourth-order valence-corrected chi connectivity index (χ4v) is 6.40. The van der Waals surface area contributed by atoms with E-state index in [1.807, 2.05) is 31.7 Å². The van der Waals surface area contributed by atoms with Crippen molar-refractivity contribution in [3.63, 3.8) is 0 Å². The number of aromatic nitrogens is 3. The van der Waals surface area contributed by atoms with Crippen LogP contribution < -0.4 is 25.3 Å². The Kier molecular flexibility index (Phi) is 8.08. The molecular formula is C28H38N8O5S. The molecule has 0 spiro atoms. The standard InChI is InChI=1S/C28H38N8O5S/c1-28(2,3)41-27(38)29-18-7-10-36(16-18)25-31-20(17-40-25)24(37)30-19-15-21-22(32-23(19)34-8-5-4-6-9-34)33-26(42-21)35-11-13-39-14-12-35/h15,17-18H,4-14,16H2,1-3H3,(H,29,38)(H,30,37)/t18-/m0/s1. The summed E-state index contributed by atoms with van der Waals surface area (Å²) in [4.78, 5) is 46.2. The monoisotopic (exact) mass is 598 g/mol. The van der Waals surface area contributed by atoms with Gasteiger partial charge in [-0.15, -0.1) is 0 Å². The molecule has 3 aromatic heterocycles. The number of oxazole rings is 1. The van der Waals surface area contributed by atoms with Gasteiger partial charge in [-0.05, 0) is 52.5 Å². The molecule has 13 nitrogen and oxygen atoms in total. The van der Waals surface area contributed by atoms with E-state index in [-0.39, 0.29) is 17.6 Å². The number of ether oxygens (including phenoxy) is 2. The highest BCUT2D eigenvalue weighted by atomic mass is 32.1. The molecule has 6 rings (SSSR count). The summed E-state index contributed by atoms with van der Waals surface area (Å²) in [6, 6.07) is 2.21. The molecule has 226 valence electrons. The van der Waals surface area contributed by atoms with E-state index >= 15 is 0 Å². The highest BCUT2D eigenvalue weighted by Crippen LogP contribution is 2.36. The number of anilines is 4. The Morgan fingerprint density at radius 1 is 1.00 bits per heavy atom. The van der Waals surface area contributed by atoms with Crippen molar-refractivity contribution in [3.05, 3.63) is 18.0 Å². The Bertz CT molecular complexity index is 1420. The van der Waals surface area contributed by atoms with Crippen LogP contribution in [0.25, 0.3) is 10.3 Å². The van der Waals surface area contributed by atoms with Crippen LogP contribution >= 0.6 is 11.3 Å². The summed E-state index contributed by atoms with van der Waals surface area (Å²) in [5.74, 6) is 0.360. The number of morpholine rings is 1. The summed E-state index contributed by atoms with van der Waals surface area (Å²) in [6.07, 6.45) is 4.98. The molecule has 3 aromatic rings. The van der Waals surface area contributed by atoms with Crippen LogP contribution in [0.3, 0.4) is 0 Å². The molecular weight excluding hydrogens is 560 g/mol. The lowest BCUT2D eigenvalue weighted by atomic mass is 10.1. The topological polar surface area (TPSA) is 138 Å². The average molecular weight is 599 g/mol. The zero-order valence-corrected chi connectivity index (χ0v) is 25.2. The van der Waals surface area contributed by atoms with Crippen molar-refractivity contribution in [2.24, 2.45) is 0 Å². The maximum absolute atomic E-state index is 13.4. The van der Waals surface area contributed by atoms with Crippen molar-refractivity contribution in [1.82, 2.24) is 20.3 Å². The van der Waals surface area contributed by atoms with Crippen LogP contribution in [-0.4, -0.2) is 91.1 Å². The maximum Gasteiger partial charge on any atom is 0.407 e. The van der Waals surface area contributed by atoms with E-state index < -0.39 is 11.7 Å². The summed E-state index contributed by atoms with van der Waals surface area (Å²) >= 11 is 1.57. The number of hydrogen-bond acceptors (Lipinski definition) is 12. The lowest BCUT2D eigenvalue weighted by Crippen LogP contribution is -2.40. The van der Waals surface area contributed by atoms with Crippen LogP contribution in [0, 0.1) is 0 Å². The number of amides is 2. The molecule has 6 heterocycles. The van der Waals surface area contributed by atoms with Crippen LogP contribution in [0.2, 0.25) is 0 Å². The van der Waals surface area contributed by atoms with Gasteiger partial charge in [-0.2, -0.15) is 9.97 Å². The van der Waals surface area contributed by atoms with E-state index in [2.05, 4.69) is 25.4 Å². The molecule has 42 heavy (non-hydrogen) atoms. The predicted molar refractivity (Wildman–Crippen MR) is 161 cm³/mol. The van der Waals surface area contributed by atoms with Crippen LogP contribution in [0.1, 0.15) is 56.9 Å². The maximum atomic E-state index is 13.4. The Morgan fingerprint density at radius 3 is 2.55 bits per heavy atom. The van der Waals surface area contributed by atoms with Crippen LogP contribution in [0.5, 0.6) is 0 Å². The summed E-state index contributed by atoms with van der Waals surface area (Å²) in [5, 5.41) is 6.87. The van der Waals surface area contributed by atoms with Crippen molar-refractivity contribution in [1.29, 1.82) is 0 Å². The van der Waals surface area contributed by atoms with Crippen molar-refractivity contribution in [2.45, 2.75) is 58.1 Å². The molecule has 14 heteroatoms. The number of carbonyl (C=O) groups is 2. The van der Waals surface area contributed by atoms with Gasteiger partial charge < -0.3 is 39.2 Å². The van der Waals surface area contributed by atoms with Crippen LogP contribution in [0.15, 0.2) is 16.7 Å². The van der Waals surface area contributed by atoms with Gasteiger partial charge in [0.15, 0.2) is 22.3 Å². The number of pyridine rings is 1. The fourth-order valence-electron chi connectivity index (χ4n) is 5.40. The van der Waals surface area contributed by atoms with Gasteiger partial charge in [-0.25, -0.2) is 9.78 Å². The molecule has 0 unspecified atom stereocenters. The minimum atomic E-state index is -0.563. The van der Waals surface area contributed by atoms with E-state index in [1.165, 1.54) is 12.7 Å². The Labute approximate surface area is 248 Å². The Morgan fingerprint density at radius 2 is 1.79 bits per heavy atom. The quantitative estimate of drug-likeness (QED) is 0.428. The van der Waals surface area contributed by atoms with Crippen LogP contribution in [-0.2, 0) is 9.47 Å². The number of nitrogens with zero attached hydrogens (tertiary/aromatic N) is 6. The minimum Gasteiger partial charge on any atom is -0.444 e. The number of alkyl carbamates (subject to hydrolysis) is 1. The molecule has 3 saturated heterocycles. The Hall–Kier alpha value is -3.65. The molecule has 0 saturated carbocycles. The van der Waals surface area contributed by atoms with Gasteiger partial charge in [0.1, 0.15) is 11.9 Å². The number of hydrogen-bond donors (Lipinski definition) is 2. The van der Waals surface area contributed by atoms with Gasteiger partial charge in [0.25, 0.3) is 11.9 Å². The molecule has 2 N–H and O–H groups in total. The van der Waals surface area contributed by atoms with E-state index in [9.17, 15) is 9.59 Å². The van der Waals surface area contributed by atoms with Gasteiger partial charge in [-0.1, -0.05) is 11.3 Å². The van der Waals surface area contributed by atoms with Crippen molar-refractivity contribution >= 4 is 56.3 Å². The normalized spacial score (nSPS) is 19.8. The predicted octanol–water partition coefficient (Wildman–Crippen LogP) is 3.86. The third-order valence-electron chi connectivity index (χ3n) is 7.44. The summed E-state index contributed by atoms with van der Waals surface area (Å²) < 4.78 is 17.5. The first kappa shape index (κ1) is 28.5. The lowest BCUT2D eigenvalue weighted by Gasteiger charge is -2.29. The molecule has 0 aromatic carbocycles. The van der Waals surface area contributed by atoms with E-state index in [4.69, 9.17) is 23.9 Å². The molecule has 0 radical (unpaired) electrons. The average Bonchev–Trinajstić information content (AvgIpc) is 3.72. The number of fused-ring (bicyclic) bond motifs is 1. The second-order valence-electron chi connectivity index (χ2n) is 11.9. The third-order valence-corrected chi connectivity index (χ3v) is 8.49. The summed E-state index contributed by atoms with van der Waals surface area (Å²) in [6.45, 7) is 11.4. The SMILES string of the molecule is CC(C)(C)OC(=O)N[C@H]1CCN(c2nc(C(=O)Nc3cc4sc(N5CCOCC5)nc4nc3N3CCCCC3)co2)C1. The van der Waals surface area contributed by atoms with Gasteiger partial charge in [-0.3, -0.25) is 4.79 Å². The smallest absolute Gasteiger partial charge is 0.407 e. The third kappa shape index (κ3) is 6.54. The number of carbonyl (C=O) groups excluding carboxylic acids is 2. The molecule has 3 fully saturated rings. The van der Waals surface area contributed by atoms with Gasteiger partial charge in [0.05, 0.1) is 29.6 Å².